The number of thiazole rings is 1. The number of ketones is 1. The quantitative estimate of drug-likeness (QED) is 0.392. The Kier molecular flexibility index (Phi) is 7.34. The molecule has 0 aliphatic heterocycles. The molecule has 0 spiro atoms. The van der Waals surface area contributed by atoms with Gasteiger partial charge in [-0.3, -0.25) is 4.79 Å². The van der Waals surface area contributed by atoms with Gasteiger partial charge in [0.2, 0.25) is 0 Å². The van der Waals surface area contributed by atoms with Crippen LogP contribution in [0.1, 0.15) is 68.8 Å². The van der Waals surface area contributed by atoms with E-state index < -0.39 is 11.6 Å². The Morgan fingerprint density at radius 1 is 1.39 bits per heavy atom. The Bertz CT molecular complexity index is 724. The largest absolute Gasteiger partial charge is 0.476 e. The van der Waals surface area contributed by atoms with E-state index >= 15 is 0 Å². The fourth-order valence-electron chi connectivity index (χ4n) is 3.76. The Morgan fingerprint density at radius 2 is 2.18 bits per heavy atom. The number of hydrogen-bond donors (Lipinski definition) is 2. The smallest absolute Gasteiger partial charge is 0.355 e. The molecule has 7 heteroatoms. The van der Waals surface area contributed by atoms with Crippen molar-refractivity contribution in [1.82, 2.24) is 4.98 Å². The molecule has 154 valence electrons. The van der Waals surface area contributed by atoms with Crippen LogP contribution >= 0.6 is 23.1 Å². The summed E-state index contributed by atoms with van der Waals surface area (Å²) in [7, 11) is 0. The van der Waals surface area contributed by atoms with Crippen LogP contribution in [0.2, 0.25) is 0 Å². The van der Waals surface area contributed by atoms with Crippen molar-refractivity contribution >= 4 is 34.9 Å². The third-order valence-electron chi connectivity index (χ3n) is 5.74. The molecule has 1 aromatic rings. The van der Waals surface area contributed by atoms with Crippen LogP contribution in [0.3, 0.4) is 0 Å². The lowest BCUT2D eigenvalue weighted by atomic mass is 9.90. The molecule has 28 heavy (non-hydrogen) atoms. The molecule has 0 bridgehead atoms. The van der Waals surface area contributed by atoms with Gasteiger partial charge in [0.15, 0.2) is 10.0 Å². The molecule has 0 radical (unpaired) electrons. The highest BCUT2D eigenvalue weighted by molar-refractivity contribution is 8.01. The molecule has 2 aliphatic carbocycles. The number of carboxylic acid groups (broad SMARTS) is 1. The summed E-state index contributed by atoms with van der Waals surface area (Å²) in [6, 6.07) is 0. The Morgan fingerprint density at radius 3 is 2.86 bits per heavy atom. The highest BCUT2D eigenvalue weighted by Crippen LogP contribution is 2.37. The van der Waals surface area contributed by atoms with Gasteiger partial charge in [-0.05, 0) is 50.9 Å². The van der Waals surface area contributed by atoms with Gasteiger partial charge in [0, 0.05) is 23.5 Å². The first-order chi connectivity index (χ1) is 13.3. The standard InChI is InChI=1S/C21H29NO4S2/c1-21(26,11-8-14-4-5-14)10-2-3-15-6-7-18(23)16(15)9-12-27-20-22-17(13-28-20)19(24)25/h2-3,13-16,26H,4-12H2,1H3,(H,24,25)/b3-2+/t15-,16+,21?/m0/s1. The van der Waals surface area contributed by atoms with Gasteiger partial charge in [0.25, 0.3) is 0 Å². The molecule has 0 saturated heterocycles. The number of carbonyl (C=O) groups is 2. The zero-order valence-electron chi connectivity index (χ0n) is 16.3. The molecule has 5 nitrogen and oxygen atoms in total. The van der Waals surface area contributed by atoms with E-state index in [1.807, 2.05) is 6.92 Å². The number of rotatable bonds is 11. The zero-order chi connectivity index (χ0) is 20.1. The van der Waals surface area contributed by atoms with E-state index in [-0.39, 0.29) is 17.5 Å². The molecule has 2 saturated carbocycles. The van der Waals surface area contributed by atoms with Crippen LogP contribution in [0.25, 0.3) is 0 Å². The maximum Gasteiger partial charge on any atom is 0.355 e. The van der Waals surface area contributed by atoms with E-state index in [9.17, 15) is 14.7 Å². The molecule has 1 unspecified atom stereocenters. The molecular formula is C21H29NO4S2. The van der Waals surface area contributed by atoms with Crippen LogP contribution in [0.5, 0.6) is 0 Å². The second-order valence-electron chi connectivity index (χ2n) is 8.33. The van der Waals surface area contributed by atoms with Crippen molar-refractivity contribution in [3.05, 3.63) is 23.2 Å². The molecule has 2 aliphatic rings. The molecule has 1 aromatic heterocycles. The fraction of sp³-hybridized carbons (Fsp3) is 0.667. The van der Waals surface area contributed by atoms with Crippen molar-refractivity contribution < 1.29 is 19.8 Å². The van der Waals surface area contributed by atoms with Gasteiger partial charge in [-0.15, -0.1) is 11.3 Å². The second kappa shape index (κ2) is 9.55. The number of thioether (sulfide) groups is 1. The number of Topliss-reactive ketones (excluding diaryl/α,β-unsaturated/α-hetero) is 1. The van der Waals surface area contributed by atoms with Gasteiger partial charge < -0.3 is 10.2 Å². The minimum Gasteiger partial charge on any atom is -0.476 e. The van der Waals surface area contributed by atoms with Crippen molar-refractivity contribution in [2.24, 2.45) is 17.8 Å². The normalized spacial score (nSPS) is 24.7. The van der Waals surface area contributed by atoms with Crippen LogP contribution in [0.4, 0.5) is 0 Å². The Labute approximate surface area is 174 Å². The van der Waals surface area contributed by atoms with Crippen molar-refractivity contribution in [1.29, 1.82) is 0 Å². The summed E-state index contributed by atoms with van der Waals surface area (Å²) >= 11 is 2.85. The van der Waals surface area contributed by atoms with Crippen LogP contribution in [-0.4, -0.2) is 38.3 Å². The maximum atomic E-state index is 12.3. The summed E-state index contributed by atoms with van der Waals surface area (Å²) in [6.07, 6.45) is 11.7. The highest BCUT2D eigenvalue weighted by atomic mass is 32.2. The number of carbonyl (C=O) groups excluding carboxylic acids is 1. The van der Waals surface area contributed by atoms with Gasteiger partial charge in [0.05, 0.1) is 5.60 Å². The van der Waals surface area contributed by atoms with Gasteiger partial charge in [-0.25, -0.2) is 9.78 Å². The average Bonchev–Trinajstić information content (AvgIpc) is 3.25. The number of aliphatic hydroxyl groups is 1. The predicted octanol–water partition coefficient (Wildman–Crippen LogP) is 4.81. The SMILES string of the molecule is CC(O)(C/C=C/[C@H]1CCC(=O)[C@@H]1CCSc1nc(C(=O)O)cs1)CCC1CC1. The minimum atomic E-state index is -1.01. The van der Waals surface area contributed by atoms with E-state index in [4.69, 9.17) is 5.11 Å². The number of carboxylic acids is 1. The summed E-state index contributed by atoms with van der Waals surface area (Å²) in [5.41, 5.74) is -0.571. The first-order valence-corrected chi connectivity index (χ1v) is 11.9. The Hall–Kier alpha value is -1.18. The number of aromatic carboxylic acids is 1. The summed E-state index contributed by atoms with van der Waals surface area (Å²) in [6.45, 7) is 1.91. The zero-order valence-corrected chi connectivity index (χ0v) is 17.9. The predicted molar refractivity (Wildman–Crippen MR) is 112 cm³/mol. The van der Waals surface area contributed by atoms with E-state index in [2.05, 4.69) is 17.1 Å². The first kappa shape index (κ1) is 21.5. The van der Waals surface area contributed by atoms with Gasteiger partial charge >= 0.3 is 5.97 Å². The van der Waals surface area contributed by atoms with Crippen molar-refractivity contribution in [3.8, 4) is 0 Å². The van der Waals surface area contributed by atoms with E-state index in [0.717, 1.165) is 41.7 Å². The molecule has 0 amide bonds. The molecule has 3 rings (SSSR count). The van der Waals surface area contributed by atoms with Gasteiger partial charge in [0.1, 0.15) is 5.78 Å². The molecule has 3 atom stereocenters. The number of hydrogen-bond acceptors (Lipinski definition) is 6. The molecule has 1 heterocycles. The van der Waals surface area contributed by atoms with Crippen LogP contribution in [-0.2, 0) is 4.79 Å². The Balaban J connectivity index is 1.44. The maximum absolute atomic E-state index is 12.3. The van der Waals surface area contributed by atoms with Crippen LogP contribution in [0, 0.1) is 17.8 Å². The van der Waals surface area contributed by atoms with Crippen LogP contribution in [0.15, 0.2) is 21.9 Å². The third-order valence-corrected chi connectivity index (χ3v) is 7.79. The monoisotopic (exact) mass is 423 g/mol. The van der Waals surface area contributed by atoms with E-state index in [1.165, 1.54) is 35.9 Å². The number of nitrogens with zero attached hydrogens (tertiary/aromatic N) is 1. The summed E-state index contributed by atoms with van der Waals surface area (Å²) in [4.78, 5) is 27.3. The molecular weight excluding hydrogens is 394 g/mol. The van der Waals surface area contributed by atoms with Crippen molar-refractivity contribution in [2.75, 3.05) is 5.75 Å². The topological polar surface area (TPSA) is 87.5 Å². The average molecular weight is 424 g/mol. The lowest BCUT2D eigenvalue weighted by Gasteiger charge is -2.22. The van der Waals surface area contributed by atoms with E-state index in [0.29, 0.717) is 18.6 Å². The summed E-state index contributed by atoms with van der Waals surface area (Å²) < 4.78 is 0.738. The van der Waals surface area contributed by atoms with Gasteiger partial charge in [-0.2, -0.15) is 0 Å². The van der Waals surface area contributed by atoms with E-state index in [1.54, 1.807) is 5.38 Å². The molecule has 2 fully saturated rings. The second-order valence-corrected chi connectivity index (χ2v) is 10.5. The van der Waals surface area contributed by atoms with Crippen LogP contribution < -0.4 is 0 Å². The number of aromatic nitrogens is 1. The summed E-state index contributed by atoms with van der Waals surface area (Å²) in [5, 5.41) is 21.0. The molecule has 0 aromatic carbocycles. The highest BCUT2D eigenvalue weighted by Gasteiger charge is 2.33. The fourth-order valence-corrected chi connectivity index (χ4v) is 5.65. The lowest BCUT2D eigenvalue weighted by Crippen LogP contribution is -2.23. The number of allylic oxidation sites excluding steroid dienone is 1. The van der Waals surface area contributed by atoms with Crippen molar-refractivity contribution in [2.45, 2.75) is 68.2 Å². The van der Waals surface area contributed by atoms with Gasteiger partial charge in [-0.1, -0.05) is 36.8 Å². The van der Waals surface area contributed by atoms with Crippen molar-refractivity contribution in [3.63, 3.8) is 0 Å². The molecule has 2 N–H and O–H groups in total. The summed E-state index contributed by atoms with van der Waals surface area (Å²) in [5.74, 6) is 1.17. The lowest BCUT2D eigenvalue weighted by molar-refractivity contribution is -0.121. The minimum absolute atomic E-state index is 0.0269. The first-order valence-electron chi connectivity index (χ1n) is 10.1. The third kappa shape index (κ3) is 6.42.